The normalized spacial score (nSPS) is 24.2. The summed E-state index contributed by atoms with van der Waals surface area (Å²) in [6.07, 6.45) is -2.48. The molecule has 1 aliphatic heterocycles. The molecular weight excluding hydrogens is 417 g/mol. The SMILES string of the molecule is N#Cc1ccc(-c2ncnc3c2ncn3[C@@H]2O[C@H](COP(=O)(O)O)[C@@H](O)[C@H]2O)cc1. The van der Waals surface area contributed by atoms with Gasteiger partial charge in [0.2, 0.25) is 0 Å². The largest absolute Gasteiger partial charge is 0.469 e. The molecule has 1 fully saturated rings. The zero-order valence-corrected chi connectivity index (χ0v) is 16.1. The van der Waals surface area contributed by atoms with E-state index >= 15 is 0 Å². The molecule has 0 saturated carbocycles. The van der Waals surface area contributed by atoms with Crippen molar-refractivity contribution in [3.8, 4) is 17.3 Å². The quantitative estimate of drug-likeness (QED) is 0.400. The standard InChI is InChI=1S/C17H16N5O7P/c18-5-9-1-3-10(4-2-9)12-13-16(20-7-19-12)22(8-21-13)17-15(24)14(23)11(29-17)6-28-30(25,26)27/h1-4,7-8,11,14-15,17,23-24H,6H2,(H2,25,26,27)/t11-,14-,15-,17-/m1/s1. The van der Waals surface area contributed by atoms with Crippen molar-refractivity contribution in [1.29, 1.82) is 5.26 Å². The molecule has 0 radical (unpaired) electrons. The van der Waals surface area contributed by atoms with Crippen LogP contribution in [0.5, 0.6) is 0 Å². The van der Waals surface area contributed by atoms with E-state index in [1.165, 1.54) is 17.2 Å². The van der Waals surface area contributed by atoms with E-state index in [1.807, 2.05) is 6.07 Å². The number of aliphatic hydroxyl groups is 2. The maximum absolute atomic E-state index is 10.9. The molecule has 13 heteroatoms. The average Bonchev–Trinajstić information content (AvgIpc) is 3.27. The highest BCUT2D eigenvalue weighted by molar-refractivity contribution is 7.46. The van der Waals surface area contributed by atoms with Gasteiger partial charge >= 0.3 is 7.82 Å². The molecule has 0 amide bonds. The number of aliphatic hydroxyl groups excluding tert-OH is 2. The van der Waals surface area contributed by atoms with Crippen LogP contribution in [0, 0.1) is 11.3 Å². The Morgan fingerprint density at radius 3 is 2.57 bits per heavy atom. The zero-order chi connectivity index (χ0) is 21.5. The van der Waals surface area contributed by atoms with Crippen molar-refractivity contribution in [3.63, 3.8) is 0 Å². The third kappa shape index (κ3) is 3.83. The molecule has 156 valence electrons. The van der Waals surface area contributed by atoms with Gasteiger partial charge < -0.3 is 24.7 Å². The summed E-state index contributed by atoms with van der Waals surface area (Å²) < 4.78 is 22.2. The van der Waals surface area contributed by atoms with Crippen molar-refractivity contribution in [1.82, 2.24) is 19.5 Å². The van der Waals surface area contributed by atoms with Crippen LogP contribution in [0.1, 0.15) is 11.8 Å². The predicted octanol–water partition coefficient (Wildman–Crippen LogP) is 0.0935. The van der Waals surface area contributed by atoms with Crippen molar-refractivity contribution < 1.29 is 33.8 Å². The summed E-state index contributed by atoms with van der Waals surface area (Å²) in [6.45, 7) is -0.614. The number of hydrogen-bond donors (Lipinski definition) is 4. The second-order valence-electron chi connectivity index (χ2n) is 6.57. The van der Waals surface area contributed by atoms with Gasteiger partial charge in [-0.3, -0.25) is 9.09 Å². The van der Waals surface area contributed by atoms with Gasteiger partial charge in [-0.1, -0.05) is 12.1 Å². The molecule has 3 aromatic rings. The first kappa shape index (κ1) is 20.5. The van der Waals surface area contributed by atoms with E-state index in [2.05, 4.69) is 19.5 Å². The molecule has 0 bridgehead atoms. The van der Waals surface area contributed by atoms with Gasteiger partial charge in [0.15, 0.2) is 11.9 Å². The fourth-order valence-electron chi connectivity index (χ4n) is 3.22. The van der Waals surface area contributed by atoms with Gasteiger partial charge in [0.25, 0.3) is 0 Å². The Kier molecular flexibility index (Phi) is 5.35. The van der Waals surface area contributed by atoms with Crippen LogP contribution in [0.25, 0.3) is 22.4 Å². The molecule has 1 aromatic carbocycles. The molecule has 0 spiro atoms. The molecule has 0 aliphatic carbocycles. The summed E-state index contributed by atoms with van der Waals surface area (Å²) in [5.74, 6) is 0. The maximum atomic E-state index is 10.9. The minimum atomic E-state index is -4.76. The molecule has 0 unspecified atom stereocenters. The molecular formula is C17H16N5O7P. The van der Waals surface area contributed by atoms with Crippen LogP contribution in [-0.4, -0.2) is 64.4 Å². The number of aromatic nitrogens is 4. The maximum Gasteiger partial charge on any atom is 0.469 e. The number of fused-ring (bicyclic) bond motifs is 1. The highest BCUT2D eigenvalue weighted by Crippen LogP contribution is 2.39. The lowest BCUT2D eigenvalue weighted by molar-refractivity contribution is -0.0504. The van der Waals surface area contributed by atoms with E-state index in [-0.39, 0.29) is 0 Å². The molecule has 4 rings (SSSR count). The van der Waals surface area contributed by atoms with Crippen LogP contribution in [0.4, 0.5) is 0 Å². The predicted molar refractivity (Wildman–Crippen MR) is 99.4 cm³/mol. The Morgan fingerprint density at radius 1 is 1.17 bits per heavy atom. The van der Waals surface area contributed by atoms with E-state index in [0.29, 0.717) is 28.0 Å². The second-order valence-corrected chi connectivity index (χ2v) is 7.81. The zero-order valence-electron chi connectivity index (χ0n) is 15.2. The first-order chi connectivity index (χ1) is 14.3. The lowest BCUT2D eigenvalue weighted by atomic mass is 10.1. The Morgan fingerprint density at radius 2 is 1.90 bits per heavy atom. The first-order valence-electron chi connectivity index (χ1n) is 8.68. The molecule has 2 aromatic heterocycles. The molecule has 12 nitrogen and oxygen atoms in total. The summed E-state index contributed by atoms with van der Waals surface area (Å²) in [5, 5.41) is 29.5. The van der Waals surface area contributed by atoms with Crippen LogP contribution in [0.3, 0.4) is 0 Å². The van der Waals surface area contributed by atoms with Gasteiger partial charge in [-0.25, -0.2) is 19.5 Å². The topological polar surface area (TPSA) is 184 Å². The van der Waals surface area contributed by atoms with E-state index in [4.69, 9.17) is 19.8 Å². The Bertz CT molecular complexity index is 1160. The van der Waals surface area contributed by atoms with Crippen molar-refractivity contribution in [2.45, 2.75) is 24.5 Å². The van der Waals surface area contributed by atoms with Crippen molar-refractivity contribution in [3.05, 3.63) is 42.5 Å². The first-order valence-corrected chi connectivity index (χ1v) is 10.2. The molecule has 4 N–H and O–H groups in total. The molecule has 3 heterocycles. The number of phosphoric ester groups is 1. The lowest BCUT2D eigenvalue weighted by Gasteiger charge is -2.16. The lowest BCUT2D eigenvalue weighted by Crippen LogP contribution is -2.33. The number of hydrogen-bond acceptors (Lipinski definition) is 9. The van der Waals surface area contributed by atoms with Crippen molar-refractivity contribution in [2.75, 3.05) is 6.61 Å². The van der Waals surface area contributed by atoms with Crippen molar-refractivity contribution in [2.24, 2.45) is 0 Å². The third-order valence-corrected chi connectivity index (χ3v) is 5.15. The highest BCUT2D eigenvalue weighted by Gasteiger charge is 2.45. The fourth-order valence-corrected chi connectivity index (χ4v) is 3.56. The Labute approximate surface area is 169 Å². The van der Waals surface area contributed by atoms with E-state index < -0.39 is 39.0 Å². The molecule has 4 atom stereocenters. The molecule has 1 aliphatic rings. The van der Waals surface area contributed by atoms with Gasteiger partial charge in [-0.05, 0) is 12.1 Å². The van der Waals surface area contributed by atoms with Crippen molar-refractivity contribution >= 4 is 19.0 Å². The summed E-state index contributed by atoms with van der Waals surface area (Å²) in [6, 6.07) is 8.77. The third-order valence-electron chi connectivity index (χ3n) is 4.66. The summed E-state index contributed by atoms with van der Waals surface area (Å²) in [7, 11) is -4.76. The summed E-state index contributed by atoms with van der Waals surface area (Å²) in [5.41, 5.74) is 2.42. The van der Waals surface area contributed by atoms with Gasteiger partial charge in [0.05, 0.1) is 24.6 Å². The summed E-state index contributed by atoms with van der Waals surface area (Å²) >= 11 is 0. The van der Waals surface area contributed by atoms with Crippen LogP contribution in [0.15, 0.2) is 36.9 Å². The number of imidazole rings is 1. The van der Waals surface area contributed by atoms with Crippen LogP contribution >= 0.6 is 7.82 Å². The number of nitriles is 1. The van der Waals surface area contributed by atoms with Crippen LogP contribution in [-0.2, 0) is 13.8 Å². The number of phosphoric acid groups is 1. The fraction of sp³-hybridized carbons (Fsp3) is 0.294. The smallest absolute Gasteiger partial charge is 0.387 e. The number of benzene rings is 1. The van der Waals surface area contributed by atoms with E-state index in [9.17, 15) is 14.8 Å². The van der Waals surface area contributed by atoms with Crippen LogP contribution in [0.2, 0.25) is 0 Å². The minimum Gasteiger partial charge on any atom is -0.387 e. The molecule has 1 saturated heterocycles. The van der Waals surface area contributed by atoms with E-state index in [1.54, 1.807) is 24.3 Å². The van der Waals surface area contributed by atoms with Gasteiger partial charge in [0.1, 0.15) is 35.8 Å². The van der Waals surface area contributed by atoms with Gasteiger partial charge in [0, 0.05) is 5.56 Å². The number of nitrogens with zero attached hydrogens (tertiary/aromatic N) is 5. The summed E-state index contributed by atoms with van der Waals surface area (Å²) in [4.78, 5) is 30.4. The number of ether oxygens (including phenoxy) is 1. The van der Waals surface area contributed by atoms with E-state index in [0.717, 1.165) is 0 Å². The molecule has 30 heavy (non-hydrogen) atoms. The monoisotopic (exact) mass is 433 g/mol. The van der Waals surface area contributed by atoms with Gasteiger partial charge in [-0.15, -0.1) is 0 Å². The second kappa shape index (κ2) is 7.82. The Hall–Kier alpha value is -2.75. The average molecular weight is 433 g/mol. The minimum absolute atomic E-state index is 0.317. The van der Waals surface area contributed by atoms with Crippen LogP contribution < -0.4 is 0 Å². The highest BCUT2D eigenvalue weighted by atomic mass is 31.2. The Balaban J connectivity index is 1.65. The van der Waals surface area contributed by atoms with Gasteiger partial charge in [-0.2, -0.15) is 5.26 Å². The number of rotatable bonds is 5.